The van der Waals surface area contributed by atoms with E-state index in [4.69, 9.17) is 113 Å². The number of thioether (sulfide) groups is 2. The first-order chi connectivity index (χ1) is 32.9. The van der Waals surface area contributed by atoms with Gasteiger partial charge in [-0.3, -0.25) is 0 Å². The number of rotatable bonds is 10. The van der Waals surface area contributed by atoms with Crippen molar-refractivity contribution in [3.05, 3.63) is 229 Å². The van der Waals surface area contributed by atoms with Crippen molar-refractivity contribution in [3.8, 4) is 0 Å². The largest absolute Gasteiger partial charge is 2.00 e. The quantitative estimate of drug-likeness (QED) is 0.127. The smallest absolute Gasteiger partial charge is 0.650 e. The Morgan fingerprint density at radius 1 is 0.420 bits per heavy atom. The van der Waals surface area contributed by atoms with Gasteiger partial charge < -0.3 is 9.97 Å². The van der Waals surface area contributed by atoms with Crippen LogP contribution in [0.5, 0.6) is 0 Å². The van der Waals surface area contributed by atoms with Gasteiger partial charge in [0.05, 0.1) is 21.5 Å². The monoisotopic (exact) mass is 1210 g/mol. The molecule has 6 heterocycles. The number of hydrogen-bond acceptors (Lipinski definition) is 8. The Bertz CT molecular complexity index is 3070. The molecule has 0 saturated carbocycles. The van der Waals surface area contributed by atoms with E-state index in [1.54, 1.807) is 22.7 Å². The van der Waals surface area contributed by atoms with Crippen LogP contribution in [0.15, 0.2) is 217 Å². The standard InChI is InChI=1S/2C25H13Cl4N2S3.Ni/c2*26-14-3-7-16(8-4-14)33-24-18(28)12-20(30-24)23(22-2-1-11-32-22)21-13-19(29)25(31-21)34-17-9-5-15(27)6-10-17;/h2*1-13H;/q2*-1;+2/b2*23-20+;. The molecule has 0 spiro atoms. The summed E-state index contributed by atoms with van der Waals surface area (Å²) in [5.41, 5.74) is 4.79. The maximum atomic E-state index is 6.59. The second-order valence-electron chi connectivity index (χ2n) is 14.1. The van der Waals surface area contributed by atoms with E-state index in [1.165, 1.54) is 47.0 Å². The minimum Gasteiger partial charge on any atom is -0.650 e. The van der Waals surface area contributed by atoms with E-state index in [2.05, 4.69) is 0 Å². The number of aromatic nitrogens is 2. The zero-order chi connectivity index (χ0) is 47.3. The predicted octanol–water partition coefficient (Wildman–Crippen LogP) is 19.8. The van der Waals surface area contributed by atoms with E-state index in [0.717, 1.165) is 83.4 Å². The van der Waals surface area contributed by atoms with Crippen LogP contribution in [-0.2, 0) is 16.5 Å². The van der Waals surface area contributed by atoms with E-state index >= 15 is 0 Å². The molecule has 0 atom stereocenters. The summed E-state index contributed by atoms with van der Waals surface area (Å²) >= 11 is 59.6. The number of benzene rings is 4. The maximum Gasteiger partial charge on any atom is 2.00 e. The summed E-state index contributed by atoms with van der Waals surface area (Å²) in [6.07, 6.45) is 3.76. The van der Waals surface area contributed by atoms with Gasteiger partial charge in [0.25, 0.3) is 0 Å². The van der Waals surface area contributed by atoms with Gasteiger partial charge in [0.1, 0.15) is 10.1 Å². The Morgan fingerprint density at radius 3 is 1.04 bits per heavy atom. The second kappa shape index (κ2) is 24.4. The molecule has 10 rings (SSSR count). The van der Waals surface area contributed by atoms with Crippen molar-refractivity contribution in [2.45, 2.75) is 29.6 Å². The predicted molar refractivity (Wildman–Crippen MR) is 299 cm³/mol. The van der Waals surface area contributed by atoms with Crippen molar-refractivity contribution < 1.29 is 16.5 Å². The third kappa shape index (κ3) is 13.5. The van der Waals surface area contributed by atoms with Gasteiger partial charge in [-0.05, 0) is 132 Å². The van der Waals surface area contributed by atoms with Crippen LogP contribution in [0.1, 0.15) is 21.1 Å². The van der Waals surface area contributed by atoms with Crippen molar-refractivity contribution in [2.24, 2.45) is 9.98 Å². The molecule has 2 aliphatic rings. The third-order valence-corrected chi connectivity index (χ3v) is 17.9. The fraction of sp³-hybridized carbons (Fsp3) is 0. The Kier molecular flexibility index (Phi) is 18.6. The van der Waals surface area contributed by atoms with E-state index in [1.807, 2.05) is 156 Å². The fourth-order valence-corrected chi connectivity index (χ4v) is 12.7. The molecule has 69 heavy (non-hydrogen) atoms. The molecular formula is C50H26Cl8N4NiS6. The topological polar surface area (TPSA) is 52.9 Å². The van der Waals surface area contributed by atoms with Crippen molar-refractivity contribution in [1.82, 2.24) is 9.97 Å². The number of aliphatic imine (C=N–C) groups is 2. The molecule has 0 aliphatic carbocycles. The molecule has 0 fully saturated rings. The Hall–Kier alpha value is -2.65. The number of halogens is 8. The summed E-state index contributed by atoms with van der Waals surface area (Å²) in [4.78, 5) is 25.5. The second-order valence-corrected chi connectivity index (χ2v) is 23.6. The molecule has 0 amide bonds. The van der Waals surface area contributed by atoms with E-state index in [-0.39, 0.29) is 16.5 Å². The van der Waals surface area contributed by atoms with Crippen LogP contribution in [0.25, 0.3) is 11.1 Å². The third-order valence-electron chi connectivity index (χ3n) is 9.43. The van der Waals surface area contributed by atoms with Gasteiger partial charge in [0, 0.05) is 70.6 Å². The Morgan fingerprint density at radius 2 is 0.739 bits per heavy atom. The first-order valence-corrected chi connectivity index (χ1v) is 27.9. The average molecular weight is 1220 g/mol. The van der Waals surface area contributed by atoms with Crippen molar-refractivity contribution >= 4 is 184 Å². The van der Waals surface area contributed by atoms with E-state index < -0.39 is 0 Å². The first kappa shape index (κ1) is 52.7. The Labute approximate surface area is 473 Å². The number of nitrogens with zero attached hydrogens (tertiary/aromatic N) is 4. The number of allylic oxidation sites excluding steroid dienone is 2. The molecule has 4 aromatic heterocycles. The number of hydrogen-bond donors (Lipinski definition) is 0. The van der Waals surface area contributed by atoms with Crippen LogP contribution in [0.3, 0.4) is 0 Å². The zero-order valence-corrected chi connectivity index (χ0v) is 46.5. The van der Waals surface area contributed by atoms with Gasteiger partial charge >= 0.3 is 16.5 Å². The zero-order valence-electron chi connectivity index (χ0n) is 34.6. The average Bonchev–Trinajstić information content (AvgIpc) is 4.21. The molecule has 348 valence electrons. The van der Waals surface area contributed by atoms with Crippen LogP contribution in [0.4, 0.5) is 0 Å². The molecule has 19 heteroatoms. The van der Waals surface area contributed by atoms with Gasteiger partial charge in [-0.15, -0.1) is 57.6 Å². The van der Waals surface area contributed by atoms with Gasteiger partial charge in [-0.1, -0.05) is 151 Å². The minimum atomic E-state index is 0. The molecule has 4 nitrogen and oxygen atoms in total. The van der Waals surface area contributed by atoms with E-state index in [0.29, 0.717) is 40.2 Å². The van der Waals surface area contributed by atoms with Gasteiger partial charge in [-0.2, -0.15) is 0 Å². The van der Waals surface area contributed by atoms with Crippen LogP contribution in [0, 0.1) is 0 Å². The molecule has 0 unspecified atom stereocenters. The van der Waals surface area contributed by atoms with Crippen molar-refractivity contribution in [1.29, 1.82) is 0 Å². The van der Waals surface area contributed by atoms with E-state index in [9.17, 15) is 0 Å². The maximum absolute atomic E-state index is 6.59. The normalized spacial score (nSPS) is 14.6. The molecular weight excluding hydrogens is 1190 g/mol. The van der Waals surface area contributed by atoms with Gasteiger partial charge in [0.15, 0.2) is 0 Å². The molecule has 0 saturated heterocycles. The fourth-order valence-electron chi connectivity index (χ4n) is 6.37. The summed E-state index contributed by atoms with van der Waals surface area (Å²) in [6.45, 7) is 0. The molecule has 4 aromatic carbocycles. The van der Waals surface area contributed by atoms with Crippen LogP contribution >= 0.6 is 163 Å². The summed E-state index contributed by atoms with van der Waals surface area (Å²) in [6, 6.07) is 42.2. The molecule has 2 aliphatic heterocycles. The van der Waals surface area contributed by atoms with Crippen molar-refractivity contribution in [3.63, 3.8) is 0 Å². The molecule has 0 radical (unpaired) electrons. The van der Waals surface area contributed by atoms with Crippen LogP contribution in [-0.4, -0.2) is 10.1 Å². The molecule has 8 aromatic rings. The first-order valence-electron chi connectivity index (χ1n) is 19.8. The van der Waals surface area contributed by atoms with Crippen LogP contribution < -0.4 is 9.97 Å². The van der Waals surface area contributed by atoms with Crippen LogP contribution in [0.2, 0.25) is 30.1 Å². The minimum absolute atomic E-state index is 0. The van der Waals surface area contributed by atoms with Crippen molar-refractivity contribution in [2.75, 3.05) is 0 Å². The number of thiophene rings is 2. The summed E-state index contributed by atoms with van der Waals surface area (Å²) in [5.74, 6) is 0. The molecule has 0 bridgehead atoms. The van der Waals surface area contributed by atoms with Gasteiger partial charge in [0.2, 0.25) is 0 Å². The summed E-state index contributed by atoms with van der Waals surface area (Å²) < 4.78 is 0. The summed E-state index contributed by atoms with van der Waals surface area (Å²) in [5, 5.41) is 12.0. The summed E-state index contributed by atoms with van der Waals surface area (Å²) in [7, 11) is 0. The Balaban J connectivity index is 0.000000183. The SMILES string of the molecule is ClC1=C/C(=C(/c2cc(Cl)c(Sc3ccc(Cl)cc3)[n-]2)c2cccs2)N=C1Sc1ccc(Cl)cc1.ClC1=C/C(=C(/c2cc(Cl)c(Sc3ccc(Cl)cc3)[n-]2)c2cccs2)N=C1Sc1ccc(Cl)cc1.[Ni+2]. The molecule has 0 N–H and O–H groups in total. The van der Waals surface area contributed by atoms with Gasteiger partial charge in [-0.25, -0.2) is 9.98 Å².